The number of aromatic nitrogens is 6. The van der Waals surface area contributed by atoms with Crippen LogP contribution in [0.3, 0.4) is 0 Å². The number of piperidine rings is 3. The van der Waals surface area contributed by atoms with Gasteiger partial charge < -0.3 is 10.2 Å². The highest BCUT2D eigenvalue weighted by atomic mass is 32.2. The van der Waals surface area contributed by atoms with Gasteiger partial charge in [-0.1, -0.05) is 12.1 Å². The predicted molar refractivity (Wildman–Crippen MR) is 187 cm³/mol. The van der Waals surface area contributed by atoms with E-state index in [9.17, 15) is 18.0 Å². The molecule has 3 aliphatic heterocycles. The third-order valence-electron chi connectivity index (χ3n) is 10.4. The fraction of sp³-hybridized carbons (Fsp3) is 0.588. The molecule has 1 atom stereocenters. The van der Waals surface area contributed by atoms with Crippen LogP contribution in [0, 0.1) is 0 Å². The highest BCUT2D eigenvalue weighted by Gasteiger charge is 2.32. The number of benzene rings is 1. The van der Waals surface area contributed by atoms with Crippen molar-refractivity contribution in [3.8, 4) is 0 Å². The van der Waals surface area contributed by atoms with Gasteiger partial charge in [0, 0.05) is 50.2 Å². The minimum atomic E-state index is -3.32. The first-order chi connectivity index (χ1) is 23.6. The largest absolute Gasteiger partial charge is 0.351 e. The second-order valence-corrected chi connectivity index (χ2v) is 16.1. The monoisotopic (exact) mass is 690 g/mol. The van der Waals surface area contributed by atoms with Crippen LogP contribution in [0.2, 0.25) is 0 Å². The summed E-state index contributed by atoms with van der Waals surface area (Å²) in [5, 5.41) is 16.8. The molecule has 3 fully saturated rings. The van der Waals surface area contributed by atoms with Crippen LogP contribution >= 0.6 is 0 Å². The van der Waals surface area contributed by atoms with E-state index in [1.807, 2.05) is 16.4 Å². The van der Waals surface area contributed by atoms with Gasteiger partial charge in [0.05, 0.1) is 34.5 Å². The molecule has 3 aromatic heterocycles. The third-order valence-corrected chi connectivity index (χ3v) is 12.4. The van der Waals surface area contributed by atoms with Gasteiger partial charge in [0.1, 0.15) is 0 Å². The van der Waals surface area contributed by atoms with Crippen molar-refractivity contribution >= 4 is 49.7 Å². The average molecular weight is 691 g/mol. The number of aryl methyl sites for hydroxylation is 1. The molecule has 49 heavy (non-hydrogen) atoms. The number of nitrogens with one attached hydrogen (secondary N) is 2. The number of rotatable bonds is 10. The summed E-state index contributed by atoms with van der Waals surface area (Å²) in [6, 6.07) is 6.73. The molecule has 262 valence electrons. The van der Waals surface area contributed by atoms with Gasteiger partial charge in [0.15, 0.2) is 5.65 Å². The lowest BCUT2D eigenvalue weighted by atomic mass is 9.88. The first-order valence-corrected chi connectivity index (χ1v) is 19.1. The summed E-state index contributed by atoms with van der Waals surface area (Å²) in [7, 11) is -1.42. The standard InChI is InChI=1S/C34H46N10O4S/c1-22(2)44-32-25(21-36-44)20-35-34(39-32)37-26-11-16-43(17-12-26)49(47,48)18-4-13-42-14-9-23(10-15-42)24-5-6-27-29(19-24)41(3)40-31(27)28-7-8-30(45)38-33(28)46/h5-6,19-23,26,28H,4,7-18H2,1-3H3,(H,35,37,39)(H,38,45,46). The van der Waals surface area contributed by atoms with Crippen molar-refractivity contribution in [2.45, 2.75) is 82.7 Å². The second-order valence-electron chi connectivity index (χ2n) is 14.0. The lowest BCUT2D eigenvalue weighted by Gasteiger charge is -2.33. The molecule has 14 nitrogen and oxygen atoms in total. The number of anilines is 1. The number of fused-ring (bicyclic) bond motifs is 2. The van der Waals surface area contributed by atoms with Crippen molar-refractivity contribution in [3.05, 3.63) is 41.9 Å². The Morgan fingerprint density at radius 2 is 1.80 bits per heavy atom. The summed E-state index contributed by atoms with van der Waals surface area (Å²) in [6.45, 7) is 7.75. The van der Waals surface area contributed by atoms with E-state index in [2.05, 4.69) is 67.7 Å². The van der Waals surface area contributed by atoms with Crippen LogP contribution in [-0.2, 0) is 26.7 Å². The van der Waals surface area contributed by atoms with Crippen molar-refractivity contribution < 1.29 is 18.0 Å². The summed E-state index contributed by atoms with van der Waals surface area (Å²) in [4.78, 5) is 35.6. The summed E-state index contributed by atoms with van der Waals surface area (Å²) >= 11 is 0. The number of carbonyl (C=O) groups excluding carboxylic acids is 2. The smallest absolute Gasteiger partial charge is 0.235 e. The fourth-order valence-electron chi connectivity index (χ4n) is 7.60. The molecule has 0 spiro atoms. The van der Waals surface area contributed by atoms with Gasteiger partial charge >= 0.3 is 0 Å². The fourth-order valence-corrected chi connectivity index (χ4v) is 9.12. The Balaban J connectivity index is 0.864. The van der Waals surface area contributed by atoms with Gasteiger partial charge in [-0.2, -0.15) is 15.2 Å². The number of likely N-dealkylation sites (tertiary alicyclic amines) is 1. The molecule has 0 aliphatic carbocycles. The molecular formula is C34H46N10O4S. The predicted octanol–water partition coefficient (Wildman–Crippen LogP) is 3.29. The van der Waals surface area contributed by atoms with Crippen molar-refractivity contribution in [2.24, 2.45) is 7.05 Å². The SMILES string of the molecule is CC(C)n1ncc2cnc(NC3CCN(S(=O)(=O)CCCN4CCC(c5ccc6c(C7CCC(=O)NC7=O)nn(C)c6c5)CC4)CC3)nc21. The maximum Gasteiger partial charge on any atom is 0.235 e. The van der Waals surface area contributed by atoms with E-state index in [1.165, 1.54) is 5.56 Å². The molecule has 2 N–H and O–H groups in total. The van der Waals surface area contributed by atoms with Gasteiger partial charge in [0.2, 0.25) is 27.8 Å². The zero-order valence-electron chi connectivity index (χ0n) is 28.5. The van der Waals surface area contributed by atoms with Crippen molar-refractivity contribution in [2.75, 3.05) is 43.8 Å². The van der Waals surface area contributed by atoms with Crippen molar-refractivity contribution in [1.82, 2.24) is 44.1 Å². The Kier molecular flexibility index (Phi) is 9.41. The first kappa shape index (κ1) is 33.5. The Morgan fingerprint density at radius 1 is 1.02 bits per heavy atom. The number of imide groups is 1. The molecule has 0 bridgehead atoms. The summed E-state index contributed by atoms with van der Waals surface area (Å²) in [5.74, 6) is 0.226. The van der Waals surface area contributed by atoms with Gasteiger partial charge in [-0.05, 0) is 89.6 Å². The maximum atomic E-state index is 13.2. The summed E-state index contributed by atoms with van der Waals surface area (Å²) in [6.07, 6.45) is 8.41. The Morgan fingerprint density at radius 3 is 2.53 bits per heavy atom. The molecule has 1 aromatic carbocycles. The second kappa shape index (κ2) is 13.8. The molecular weight excluding hydrogens is 645 g/mol. The van der Waals surface area contributed by atoms with Crippen LogP contribution in [0.15, 0.2) is 30.6 Å². The van der Waals surface area contributed by atoms with Gasteiger partial charge in [-0.25, -0.2) is 22.4 Å². The summed E-state index contributed by atoms with van der Waals surface area (Å²) in [5.41, 5.74) is 3.79. The lowest BCUT2D eigenvalue weighted by molar-refractivity contribution is -0.134. The highest BCUT2D eigenvalue weighted by Crippen LogP contribution is 2.34. The van der Waals surface area contributed by atoms with Crippen LogP contribution in [0.25, 0.3) is 21.9 Å². The Labute approximate surface area is 286 Å². The molecule has 1 unspecified atom stereocenters. The van der Waals surface area contributed by atoms with Crippen LogP contribution < -0.4 is 10.6 Å². The molecule has 0 saturated carbocycles. The molecule has 2 amide bonds. The molecule has 0 radical (unpaired) electrons. The van der Waals surface area contributed by atoms with Gasteiger partial charge in [-0.3, -0.25) is 19.6 Å². The maximum absolute atomic E-state index is 13.2. The Bertz CT molecular complexity index is 1960. The number of nitrogens with zero attached hydrogens (tertiary/aromatic N) is 8. The minimum absolute atomic E-state index is 0.117. The minimum Gasteiger partial charge on any atom is -0.351 e. The van der Waals surface area contributed by atoms with E-state index >= 15 is 0 Å². The van der Waals surface area contributed by atoms with Gasteiger partial charge in [-0.15, -0.1) is 0 Å². The molecule has 15 heteroatoms. The topological polar surface area (TPSA) is 160 Å². The zero-order chi connectivity index (χ0) is 34.3. The highest BCUT2D eigenvalue weighted by molar-refractivity contribution is 7.89. The lowest BCUT2D eigenvalue weighted by Crippen LogP contribution is -2.44. The van der Waals surface area contributed by atoms with E-state index in [1.54, 1.807) is 16.7 Å². The number of hydrogen-bond acceptors (Lipinski definition) is 10. The third kappa shape index (κ3) is 7.06. The van der Waals surface area contributed by atoms with Crippen LogP contribution in [0.4, 0.5) is 5.95 Å². The van der Waals surface area contributed by atoms with E-state index in [0.717, 1.165) is 60.1 Å². The molecule has 3 aliphatic rings. The van der Waals surface area contributed by atoms with E-state index in [0.29, 0.717) is 57.1 Å². The van der Waals surface area contributed by atoms with Crippen molar-refractivity contribution in [1.29, 1.82) is 0 Å². The zero-order valence-corrected chi connectivity index (χ0v) is 29.3. The number of amides is 2. The molecule has 7 rings (SSSR count). The van der Waals surface area contributed by atoms with Crippen LogP contribution in [0.5, 0.6) is 0 Å². The van der Waals surface area contributed by atoms with Crippen molar-refractivity contribution in [3.63, 3.8) is 0 Å². The van der Waals surface area contributed by atoms with E-state index < -0.39 is 15.9 Å². The molecule has 3 saturated heterocycles. The van der Waals surface area contributed by atoms with Crippen LogP contribution in [-0.4, -0.2) is 103 Å². The number of carbonyl (C=O) groups is 2. The van der Waals surface area contributed by atoms with Crippen LogP contribution in [0.1, 0.15) is 87.9 Å². The average Bonchev–Trinajstić information content (AvgIpc) is 3.66. The van der Waals surface area contributed by atoms with Gasteiger partial charge in [0.25, 0.3) is 0 Å². The Hall–Kier alpha value is -3.95. The van der Waals surface area contributed by atoms with E-state index in [-0.39, 0.29) is 29.7 Å². The summed E-state index contributed by atoms with van der Waals surface area (Å²) < 4.78 is 31.8. The number of hydrogen-bond donors (Lipinski definition) is 2. The van der Waals surface area contributed by atoms with E-state index in [4.69, 9.17) is 0 Å². The first-order valence-electron chi connectivity index (χ1n) is 17.5. The quantitative estimate of drug-likeness (QED) is 0.237. The number of sulfonamides is 1. The molecule has 6 heterocycles. The normalized spacial score (nSPS) is 20.9. The molecule has 4 aromatic rings.